The summed E-state index contributed by atoms with van der Waals surface area (Å²) in [6.45, 7) is 10.6. The molecule has 122 valence electrons. The van der Waals surface area contributed by atoms with E-state index in [0.29, 0.717) is 5.54 Å². The van der Waals surface area contributed by atoms with Crippen LogP contribution in [0.2, 0.25) is 0 Å². The maximum absolute atomic E-state index is 3.88. The highest BCUT2D eigenvalue weighted by atomic mass is 15.0. The van der Waals surface area contributed by atoms with Crippen LogP contribution in [0.15, 0.2) is 0 Å². The van der Waals surface area contributed by atoms with E-state index in [1.54, 1.807) is 0 Å². The van der Waals surface area contributed by atoms with E-state index in [1.807, 2.05) is 0 Å². The Morgan fingerprint density at radius 2 is 1.10 bits per heavy atom. The van der Waals surface area contributed by atoms with Crippen LogP contribution in [0.25, 0.3) is 0 Å². The molecule has 0 bridgehead atoms. The Kier molecular flexibility index (Phi) is 13.9. The van der Waals surface area contributed by atoms with Gasteiger partial charge < -0.3 is 5.32 Å². The smallest absolute Gasteiger partial charge is 0.0153 e. The topological polar surface area (TPSA) is 12.0 Å². The Morgan fingerprint density at radius 1 is 0.600 bits per heavy atom. The van der Waals surface area contributed by atoms with Gasteiger partial charge in [0, 0.05) is 5.54 Å². The Balaban J connectivity index is 3.88. The summed E-state index contributed by atoms with van der Waals surface area (Å²) in [6, 6.07) is 0. The summed E-state index contributed by atoms with van der Waals surface area (Å²) in [5.41, 5.74) is 0.397. The van der Waals surface area contributed by atoms with Crippen LogP contribution in [0.5, 0.6) is 0 Å². The van der Waals surface area contributed by atoms with E-state index >= 15 is 0 Å². The first kappa shape index (κ1) is 20.0. The van der Waals surface area contributed by atoms with Gasteiger partial charge in [0.2, 0.25) is 0 Å². The molecule has 0 fully saturated rings. The van der Waals surface area contributed by atoms with Gasteiger partial charge in [-0.25, -0.2) is 0 Å². The van der Waals surface area contributed by atoms with Gasteiger partial charge in [-0.05, 0) is 32.7 Å². The average molecular weight is 284 g/mol. The highest BCUT2D eigenvalue weighted by Crippen LogP contribution is 2.22. The van der Waals surface area contributed by atoms with Crippen molar-refractivity contribution < 1.29 is 0 Å². The zero-order valence-electron chi connectivity index (χ0n) is 14.9. The summed E-state index contributed by atoms with van der Waals surface area (Å²) in [7, 11) is 0. The monoisotopic (exact) mass is 283 g/mol. The molecule has 1 N–H and O–H groups in total. The molecule has 1 nitrogen and oxygen atoms in total. The maximum Gasteiger partial charge on any atom is 0.0153 e. The van der Waals surface area contributed by atoms with Gasteiger partial charge in [-0.1, -0.05) is 85.0 Å². The van der Waals surface area contributed by atoms with Crippen LogP contribution < -0.4 is 5.32 Å². The summed E-state index contributed by atoms with van der Waals surface area (Å²) in [6.07, 6.45) is 17.9. The number of nitrogens with one attached hydrogen (secondary N) is 1. The second-order valence-corrected chi connectivity index (χ2v) is 6.82. The molecule has 20 heavy (non-hydrogen) atoms. The first-order chi connectivity index (χ1) is 9.68. The molecular weight excluding hydrogens is 242 g/mol. The molecule has 0 amide bonds. The third-order valence-corrected chi connectivity index (χ3v) is 4.50. The van der Waals surface area contributed by atoms with E-state index in [-0.39, 0.29) is 0 Å². The minimum atomic E-state index is 0.397. The second-order valence-electron chi connectivity index (χ2n) is 6.82. The van der Waals surface area contributed by atoms with Crippen molar-refractivity contribution in [2.45, 2.75) is 117 Å². The zero-order valence-corrected chi connectivity index (χ0v) is 14.9. The van der Waals surface area contributed by atoms with Gasteiger partial charge in [-0.3, -0.25) is 0 Å². The Morgan fingerprint density at radius 3 is 1.70 bits per heavy atom. The van der Waals surface area contributed by atoms with Crippen molar-refractivity contribution in [1.29, 1.82) is 0 Å². The molecule has 0 heterocycles. The summed E-state index contributed by atoms with van der Waals surface area (Å²) < 4.78 is 0. The molecule has 0 aromatic carbocycles. The average Bonchev–Trinajstić information content (AvgIpc) is 2.45. The van der Waals surface area contributed by atoms with E-state index < -0.39 is 0 Å². The Hall–Kier alpha value is -0.0400. The van der Waals surface area contributed by atoms with Crippen molar-refractivity contribution in [1.82, 2.24) is 5.32 Å². The van der Waals surface area contributed by atoms with Gasteiger partial charge in [0.1, 0.15) is 0 Å². The van der Waals surface area contributed by atoms with Crippen LogP contribution in [-0.4, -0.2) is 12.1 Å². The van der Waals surface area contributed by atoms with Gasteiger partial charge in [0.15, 0.2) is 0 Å². The van der Waals surface area contributed by atoms with Crippen LogP contribution in [0.1, 0.15) is 111 Å². The SMILES string of the molecule is CCCCCCCC(C)(CCCC)NCCCCCC. The van der Waals surface area contributed by atoms with Crippen molar-refractivity contribution in [3.8, 4) is 0 Å². The molecule has 1 unspecified atom stereocenters. The van der Waals surface area contributed by atoms with Crippen molar-refractivity contribution in [2.24, 2.45) is 0 Å². The molecule has 0 rings (SSSR count). The third-order valence-electron chi connectivity index (χ3n) is 4.50. The minimum Gasteiger partial charge on any atom is -0.312 e. The summed E-state index contributed by atoms with van der Waals surface area (Å²) in [4.78, 5) is 0. The van der Waals surface area contributed by atoms with Gasteiger partial charge >= 0.3 is 0 Å². The van der Waals surface area contributed by atoms with Gasteiger partial charge in [0.25, 0.3) is 0 Å². The first-order valence-corrected chi connectivity index (χ1v) is 9.43. The van der Waals surface area contributed by atoms with Crippen molar-refractivity contribution >= 4 is 0 Å². The molecule has 0 saturated heterocycles. The first-order valence-electron chi connectivity index (χ1n) is 9.43. The molecule has 0 aliphatic rings. The van der Waals surface area contributed by atoms with Gasteiger partial charge in [-0.15, -0.1) is 0 Å². The summed E-state index contributed by atoms with van der Waals surface area (Å²) in [5.74, 6) is 0. The highest BCUT2D eigenvalue weighted by molar-refractivity contribution is 4.82. The fourth-order valence-corrected chi connectivity index (χ4v) is 2.93. The molecule has 0 radical (unpaired) electrons. The molecule has 1 heteroatoms. The van der Waals surface area contributed by atoms with E-state index in [2.05, 4.69) is 33.0 Å². The standard InChI is InChI=1S/C19H41N/c1-5-8-11-13-14-17-19(4,16-10-7-3)20-18-15-12-9-6-2/h20H,5-18H2,1-4H3. The van der Waals surface area contributed by atoms with Crippen LogP contribution in [0, 0.1) is 0 Å². The maximum atomic E-state index is 3.88. The fraction of sp³-hybridized carbons (Fsp3) is 1.00. The quantitative estimate of drug-likeness (QED) is 0.340. The lowest BCUT2D eigenvalue weighted by Crippen LogP contribution is -2.42. The summed E-state index contributed by atoms with van der Waals surface area (Å²) in [5, 5.41) is 3.88. The second kappa shape index (κ2) is 13.9. The van der Waals surface area contributed by atoms with Crippen LogP contribution >= 0.6 is 0 Å². The molecule has 0 aromatic heterocycles. The molecular formula is C19H41N. The predicted molar refractivity (Wildman–Crippen MR) is 93.5 cm³/mol. The zero-order chi connectivity index (χ0) is 15.1. The number of hydrogen-bond donors (Lipinski definition) is 1. The molecule has 0 aliphatic heterocycles. The Labute approximate surface area is 129 Å². The van der Waals surface area contributed by atoms with Crippen LogP contribution in [0.4, 0.5) is 0 Å². The van der Waals surface area contributed by atoms with Crippen LogP contribution in [-0.2, 0) is 0 Å². The normalized spacial score (nSPS) is 14.4. The van der Waals surface area contributed by atoms with E-state index in [0.717, 1.165) is 0 Å². The number of rotatable bonds is 15. The van der Waals surface area contributed by atoms with Gasteiger partial charge in [0.05, 0.1) is 0 Å². The molecule has 1 atom stereocenters. The lowest BCUT2D eigenvalue weighted by Gasteiger charge is -2.31. The summed E-state index contributed by atoms with van der Waals surface area (Å²) >= 11 is 0. The largest absolute Gasteiger partial charge is 0.312 e. The number of unbranched alkanes of at least 4 members (excludes halogenated alkanes) is 8. The molecule has 0 aromatic rings. The van der Waals surface area contributed by atoms with Gasteiger partial charge in [-0.2, -0.15) is 0 Å². The fourth-order valence-electron chi connectivity index (χ4n) is 2.93. The lowest BCUT2D eigenvalue weighted by atomic mass is 9.88. The van der Waals surface area contributed by atoms with Crippen molar-refractivity contribution in [3.05, 3.63) is 0 Å². The van der Waals surface area contributed by atoms with E-state index in [4.69, 9.17) is 0 Å². The predicted octanol–water partition coefficient (Wildman–Crippen LogP) is 6.47. The molecule has 0 aliphatic carbocycles. The lowest BCUT2D eigenvalue weighted by molar-refractivity contribution is 0.287. The minimum absolute atomic E-state index is 0.397. The van der Waals surface area contributed by atoms with E-state index in [9.17, 15) is 0 Å². The van der Waals surface area contributed by atoms with Crippen LogP contribution in [0.3, 0.4) is 0 Å². The Bertz CT molecular complexity index is 174. The van der Waals surface area contributed by atoms with E-state index in [1.165, 1.54) is 90.0 Å². The van der Waals surface area contributed by atoms with Crippen molar-refractivity contribution in [2.75, 3.05) is 6.54 Å². The highest BCUT2D eigenvalue weighted by Gasteiger charge is 2.21. The molecule has 0 saturated carbocycles. The van der Waals surface area contributed by atoms with Crippen molar-refractivity contribution in [3.63, 3.8) is 0 Å². The molecule has 0 spiro atoms. The number of hydrogen-bond acceptors (Lipinski definition) is 1. The third kappa shape index (κ3) is 11.8.